The van der Waals surface area contributed by atoms with Crippen LogP contribution in [-0.4, -0.2) is 17.5 Å². The second-order valence-electron chi connectivity index (χ2n) is 5.87. The molecule has 0 bridgehead atoms. The minimum atomic E-state index is -0.119. The Labute approximate surface area is 117 Å². The molecule has 2 N–H and O–H groups in total. The van der Waals surface area contributed by atoms with Crippen LogP contribution in [0.4, 0.5) is 0 Å². The second-order valence-corrected chi connectivity index (χ2v) is 5.87. The number of nitrogens with two attached hydrogens (primary N) is 1. The van der Waals surface area contributed by atoms with Crippen LogP contribution in [0.5, 0.6) is 0 Å². The van der Waals surface area contributed by atoms with Gasteiger partial charge in [0.25, 0.3) is 5.91 Å². The number of amides is 1. The van der Waals surface area contributed by atoms with Crippen LogP contribution >= 0.6 is 0 Å². The van der Waals surface area contributed by atoms with Gasteiger partial charge in [-0.2, -0.15) is 0 Å². The Balaban J connectivity index is 0.00000154. The minimum absolute atomic E-state index is 0.00325. The van der Waals surface area contributed by atoms with Crippen LogP contribution in [0.25, 0.3) is 0 Å². The standard InChI is InChI=1S/C14H22N2O.C2H6/c1-10-6-11(2)8-12(7-10)13(17)16(15)9-14(3,4)5;1-2/h6-8H,9,15H2,1-5H3;1-2H3. The summed E-state index contributed by atoms with van der Waals surface area (Å²) in [4.78, 5) is 12.1. The first kappa shape index (κ1) is 17.6. The Bertz CT molecular complexity index is 399. The van der Waals surface area contributed by atoms with Gasteiger partial charge in [0.1, 0.15) is 0 Å². The summed E-state index contributed by atoms with van der Waals surface area (Å²) in [5.74, 6) is 5.70. The molecule has 0 spiro atoms. The first-order valence-electron chi connectivity index (χ1n) is 6.84. The SMILES string of the molecule is CC.Cc1cc(C)cc(C(=O)N(N)CC(C)(C)C)c1. The number of hydrogen-bond acceptors (Lipinski definition) is 2. The maximum atomic E-state index is 12.1. The normalized spacial score (nSPS) is 10.5. The summed E-state index contributed by atoms with van der Waals surface area (Å²) in [6.07, 6.45) is 0. The number of aryl methyl sites for hydroxylation is 2. The fraction of sp³-hybridized carbons (Fsp3) is 0.562. The molecule has 0 saturated carbocycles. The lowest BCUT2D eigenvalue weighted by atomic mass is 9.96. The van der Waals surface area contributed by atoms with Crippen LogP contribution in [0.15, 0.2) is 18.2 Å². The minimum Gasteiger partial charge on any atom is -0.276 e. The molecule has 3 heteroatoms. The Morgan fingerprint density at radius 3 is 1.89 bits per heavy atom. The van der Waals surface area contributed by atoms with Crippen molar-refractivity contribution in [1.82, 2.24) is 5.01 Å². The number of hydrazine groups is 1. The first-order chi connectivity index (χ1) is 8.69. The van der Waals surface area contributed by atoms with Crippen molar-refractivity contribution >= 4 is 5.91 Å². The van der Waals surface area contributed by atoms with Crippen LogP contribution in [0.2, 0.25) is 0 Å². The fourth-order valence-electron chi connectivity index (χ4n) is 1.85. The molecular weight excluding hydrogens is 236 g/mol. The third kappa shape index (κ3) is 6.39. The fourth-order valence-corrected chi connectivity index (χ4v) is 1.85. The second kappa shape index (κ2) is 7.29. The molecule has 1 amide bonds. The molecule has 1 aromatic carbocycles. The largest absolute Gasteiger partial charge is 0.276 e. The third-order valence-corrected chi connectivity index (χ3v) is 2.37. The lowest BCUT2D eigenvalue weighted by Crippen LogP contribution is -2.42. The highest BCUT2D eigenvalue weighted by molar-refractivity contribution is 5.94. The number of hydrogen-bond donors (Lipinski definition) is 1. The highest BCUT2D eigenvalue weighted by atomic mass is 16.2. The molecular formula is C16H28N2O. The van der Waals surface area contributed by atoms with E-state index in [1.807, 2.05) is 45.9 Å². The van der Waals surface area contributed by atoms with E-state index in [2.05, 4.69) is 20.8 Å². The summed E-state index contributed by atoms with van der Waals surface area (Å²) in [5, 5.41) is 1.30. The van der Waals surface area contributed by atoms with Crippen LogP contribution in [0.1, 0.15) is 56.1 Å². The Hall–Kier alpha value is -1.35. The van der Waals surface area contributed by atoms with E-state index >= 15 is 0 Å². The molecule has 1 rings (SSSR count). The monoisotopic (exact) mass is 264 g/mol. The topological polar surface area (TPSA) is 46.3 Å². The molecule has 3 nitrogen and oxygen atoms in total. The Kier molecular flexibility index (Phi) is 6.77. The Morgan fingerprint density at radius 1 is 1.11 bits per heavy atom. The van der Waals surface area contributed by atoms with E-state index < -0.39 is 0 Å². The van der Waals surface area contributed by atoms with Gasteiger partial charge in [0.05, 0.1) is 0 Å². The lowest BCUT2D eigenvalue weighted by molar-refractivity contribution is 0.0695. The number of nitrogens with zero attached hydrogens (tertiary/aromatic N) is 1. The highest BCUT2D eigenvalue weighted by Crippen LogP contribution is 2.16. The molecule has 0 aliphatic heterocycles. The first-order valence-corrected chi connectivity index (χ1v) is 6.84. The average Bonchev–Trinajstić information content (AvgIpc) is 2.27. The molecule has 0 radical (unpaired) electrons. The smallest absolute Gasteiger partial charge is 0.267 e. The van der Waals surface area contributed by atoms with Gasteiger partial charge in [-0.05, 0) is 31.4 Å². The van der Waals surface area contributed by atoms with Crippen molar-refractivity contribution in [2.45, 2.75) is 48.5 Å². The van der Waals surface area contributed by atoms with Crippen LogP contribution in [-0.2, 0) is 0 Å². The van der Waals surface area contributed by atoms with Crippen LogP contribution in [0.3, 0.4) is 0 Å². The van der Waals surface area contributed by atoms with Gasteiger partial charge < -0.3 is 0 Å². The molecule has 0 heterocycles. The van der Waals surface area contributed by atoms with Crippen molar-refractivity contribution in [2.24, 2.45) is 11.3 Å². The molecule has 1 aromatic rings. The predicted octanol–water partition coefficient (Wildman–Crippen LogP) is 3.69. The van der Waals surface area contributed by atoms with Crippen LogP contribution < -0.4 is 5.84 Å². The van der Waals surface area contributed by atoms with Crippen molar-refractivity contribution in [3.8, 4) is 0 Å². The van der Waals surface area contributed by atoms with E-state index in [0.29, 0.717) is 12.1 Å². The van der Waals surface area contributed by atoms with Crippen molar-refractivity contribution in [3.63, 3.8) is 0 Å². The number of benzene rings is 1. The molecule has 0 atom stereocenters. The van der Waals surface area contributed by atoms with E-state index in [9.17, 15) is 4.79 Å². The van der Waals surface area contributed by atoms with Gasteiger partial charge >= 0.3 is 0 Å². The Morgan fingerprint density at radius 2 is 1.53 bits per heavy atom. The molecule has 0 aliphatic rings. The van der Waals surface area contributed by atoms with Gasteiger partial charge in [-0.1, -0.05) is 51.8 Å². The van der Waals surface area contributed by atoms with Crippen molar-refractivity contribution in [2.75, 3.05) is 6.54 Å². The van der Waals surface area contributed by atoms with E-state index in [-0.39, 0.29) is 11.3 Å². The summed E-state index contributed by atoms with van der Waals surface area (Å²) < 4.78 is 0. The summed E-state index contributed by atoms with van der Waals surface area (Å²) in [6.45, 7) is 14.7. The van der Waals surface area contributed by atoms with E-state index in [0.717, 1.165) is 11.1 Å². The van der Waals surface area contributed by atoms with Gasteiger partial charge in [0.2, 0.25) is 0 Å². The molecule has 0 unspecified atom stereocenters. The maximum Gasteiger partial charge on any atom is 0.267 e. The highest BCUT2D eigenvalue weighted by Gasteiger charge is 2.19. The molecule has 0 fully saturated rings. The lowest BCUT2D eigenvalue weighted by Gasteiger charge is -2.26. The zero-order chi connectivity index (χ0) is 15.2. The number of carbonyl (C=O) groups is 1. The summed E-state index contributed by atoms with van der Waals surface area (Å²) in [7, 11) is 0. The third-order valence-electron chi connectivity index (χ3n) is 2.37. The predicted molar refractivity (Wildman–Crippen MR) is 81.9 cm³/mol. The number of carbonyl (C=O) groups excluding carboxylic acids is 1. The van der Waals surface area contributed by atoms with Crippen molar-refractivity contribution < 1.29 is 4.79 Å². The zero-order valence-electron chi connectivity index (χ0n) is 13.4. The van der Waals surface area contributed by atoms with E-state index in [4.69, 9.17) is 5.84 Å². The molecule has 0 saturated heterocycles. The molecule has 0 aromatic heterocycles. The van der Waals surface area contributed by atoms with Gasteiger partial charge in [-0.25, -0.2) is 5.84 Å². The van der Waals surface area contributed by atoms with E-state index in [1.165, 1.54) is 5.01 Å². The molecule has 19 heavy (non-hydrogen) atoms. The van der Waals surface area contributed by atoms with Crippen LogP contribution in [0, 0.1) is 19.3 Å². The van der Waals surface area contributed by atoms with Gasteiger partial charge in [-0.15, -0.1) is 0 Å². The maximum absolute atomic E-state index is 12.1. The molecule has 0 aliphatic carbocycles. The van der Waals surface area contributed by atoms with Crippen molar-refractivity contribution in [1.29, 1.82) is 0 Å². The van der Waals surface area contributed by atoms with Gasteiger partial charge in [0, 0.05) is 12.1 Å². The van der Waals surface area contributed by atoms with Gasteiger partial charge in [0.15, 0.2) is 0 Å². The van der Waals surface area contributed by atoms with Gasteiger partial charge in [-0.3, -0.25) is 9.80 Å². The number of rotatable bonds is 2. The summed E-state index contributed by atoms with van der Waals surface area (Å²) in [6, 6.07) is 5.79. The average molecular weight is 264 g/mol. The summed E-state index contributed by atoms with van der Waals surface area (Å²) in [5.41, 5.74) is 2.83. The zero-order valence-corrected chi connectivity index (χ0v) is 13.4. The van der Waals surface area contributed by atoms with E-state index in [1.54, 1.807) is 0 Å². The molecule has 108 valence electrons. The quantitative estimate of drug-likeness (QED) is 0.503. The summed E-state index contributed by atoms with van der Waals surface area (Å²) >= 11 is 0. The van der Waals surface area contributed by atoms with Crippen molar-refractivity contribution in [3.05, 3.63) is 34.9 Å².